The summed E-state index contributed by atoms with van der Waals surface area (Å²) < 4.78 is 19.8. The predicted molar refractivity (Wildman–Crippen MR) is 78.9 cm³/mol. The molecule has 0 saturated carbocycles. The van der Waals surface area contributed by atoms with E-state index in [1.54, 1.807) is 6.07 Å². The van der Waals surface area contributed by atoms with Gasteiger partial charge in [0.2, 0.25) is 5.88 Å². The minimum atomic E-state index is -0.748. The number of hydrogen-bond donors (Lipinski definition) is 1. The van der Waals surface area contributed by atoms with Crippen LogP contribution in [0.15, 0.2) is 6.07 Å². The van der Waals surface area contributed by atoms with Gasteiger partial charge in [-0.2, -0.15) is 9.37 Å². The number of ether oxygens (including phenoxy) is 1. The van der Waals surface area contributed by atoms with Crippen molar-refractivity contribution in [2.24, 2.45) is 0 Å². The molecular formula is C14H13ClFN5O. The Kier molecular flexibility index (Phi) is 2.55. The van der Waals surface area contributed by atoms with E-state index in [2.05, 4.69) is 25.2 Å². The molecule has 22 heavy (non-hydrogen) atoms. The zero-order chi connectivity index (χ0) is 14.8. The monoisotopic (exact) mass is 321 g/mol. The summed E-state index contributed by atoms with van der Waals surface area (Å²) in [7, 11) is 0. The number of aromatic nitrogens is 3. The first kappa shape index (κ1) is 12.8. The van der Waals surface area contributed by atoms with Gasteiger partial charge in [0.05, 0.1) is 11.6 Å². The molecule has 1 N–H and O–H groups in total. The standard InChI is InChI=1S/C14H13ClFN5O/c15-10-3-8-11-12(20-14(16)18-8)21-4-6-1-2-7(17-6)9(21)5-22-13(11)19-10/h3,6-7,9,17H,1-2,4-5H2/t6-,7+,9?/m0/s1. The van der Waals surface area contributed by atoms with E-state index < -0.39 is 6.08 Å². The number of rotatable bonds is 0. The Balaban J connectivity index is 1.77. The normalized spacial score (nSPS) is 29.2. The summed E-state index contributed by atoms with van der Waals surface area (Å²) >= 11 is 6.00. The van der Waals surface area contributed by atoms with Crippen molar-refractivity contribution in [3.63, 3.8) is 0 Å². The average Bonchev–Trinajstić information content (AvgIpc) is 2.79. The van der Waals surface area contributed by atoms with Crippen molar-refractivity contribution >= 4 is 28.3 Å². The zero-order valence-electron chi connectivity index (χ0n) is 11.6. The SMILES string of the molecule is Fc1nc2c3c(nc(Cl)cc3n1)OCC1[C@H]3CC[C@@H](CN21)N3. The third kappa shape index (κ3) is 1.72. The minimum absolute atomic E-state index is 0.115. The minimum Gasteiger partial charge on any atom is -0.475 e. The van der Waals surface area contributed by atoms with Crippen LogP contribution >= 0.6 is 11.6 Å². The number of nitrogens with one attached hydrogen (secondary N) is 1. The van der Waals surface area contributed by atoms with Gasteiger partial charge < -0.3 is 15.0 Å². The van der Waals surface area contributed by atoms with E-state index in [0.717, 1.165) is 19.4 Å². The summed E-state index contributed by atoms with van der Waals surface area (Å²) in [6, 6.07) is 2.41. The van der Waals surface area contributed by atoms with Gasteiger partial charge in [0, 0.05) is 24.7 Å². The third-order valence-electron chi connectivity index (χ3n) is 4.79. The molecule has 0 amide bonds. The Morgan fingerprint density at radius 2 is 2.23 bits per heavy atom. The van der Waals surface area contributed by atoms with Gasteiger partial charge in [-0.15, -0.1) is 0 Å². The van der Waals surface area contributed by atoms with Crippen molar-refractivity contribution in [1.29, 1.82) is 0 Å². The van der Waals surface area contributed by atoms with Crippen molar-refractivity contribution in [3.8, 4) is 5.88 Å². The highest BCUT2D eigenvalue weighted by molar-refractivity contribution is 6.30. The topological polar surface area (TPSA) is 63.2 Å². The van der Waals surface area contributed by atoms with E-state index in [1.807, 2.05) is 0 Å². The first-order valence-electron chi connectivity index (χ1n) is 7.38. The molecule has 2 saturated heterocycles. The lowest BCUT2D eigenvalue weighted by molar-refractivity contribution is 0.238. The van der Waals surface area contributed by atoms with Gasteiger partial charge in [-0.1, -0.05) is 11.6 Å². The summed E-state index contributed by atoms with van der Waals surface area (Å²) in [4.78, 5) is 14.3. The second-order valence-corrected chi connectivity index (χ2v) is 6.43. The van der Waals surface area contributed by atoms with Gasteiger partial charge >= 0.3 is 6.08 Å². The van der Waals surface area contributed by atoms with E-state index in [4.69, 9.17) is 16.3 Å². The molecule has 6 nitrogen and oxygen atoms in total. The maximum atomic E-state index is 13.9. The molecule has 0 aromatic carbocycles. The largest absolute Gasteiger partial charge is 0.475 e. The first-order chi connectivity index (χ1) is 10.7. The molecule has 3 aliphatic rings. The van der Waals surface area contributed by atoms with Crippen LogP contribution in [0.3, 0.4) is 0 Å². The molecule has 2 aromatic rings. The molecule has 114 valence electrons. The fraction of sp³-hybridized carbons (Fsp3) is 0.500. The molecule has 1 unspecified atom stereocenters. The number of halogens is 2. The maximum absolute atomic E-state index is 13.9. The van der Waals surface area contributed by atoms with Gasteiger partial charge in [0.25, 0.3) is 0 Å². The fourth-order valence-corrected chi connectivity index (χ4v) is 4.04. The molecule has 2 fully saturated rings. The van der Waals surface area contributed by atoms with E-state index in [0.29, 0.717) is 41.3 Å². The summed E-state index contributed by atoms with van der Waals surface area (Å²) in [5.41, 5.74) is 0.434. The lowest BCUT2D eigenvalue weighted by Gasteiger charge is -2.40. The maximum Gasteiger partial charge on any atom is 0.311 e. The molecule has 3 aliphatic heterocycles. The molecule has 5 rings (SSSR count). The molecule has 2 bridgehead atoms. The van der Waals surface area contributed by atoms with Crippen molar-refractivity contribution in [2.75, 3.05) is 18.1 Å². The average molecular weight is 322 g/mol. The van der Waals surface area contributed by atoms with Gasteiger partial charge in [-0.3, -0.25) is 0 Å². The Bertz CT molecular complexity index is 782. The zero-order valence-corrected chi connectivity index (χ0v) is 12.3. The number of nitrogens with zero attached hydrogens (tertiary/aromatic N) is 4. The van der Waals surface area contributed by atoms with Crippen molar-refractivity contribution in [3.05, 3.63) is 17.3 Å². The highest BCUT2D eigenvalue weighted by Gasteiger charge is 2.43. The van der Waals surface area contributed by atoms with Crippen LogP contribution in [0.4, 0.5) is 10.2 Å². The van der Waals surface area contributed by atoms with E-state index in [-0.39, 0.29) is 11.2 Å². The van der Waals surface area contributed by atoms with Gasteiger partial charge in [0.15, 0.2) is 0 Å². The summed E-state index contributed by atoms with van der Waals surface area (Å²) in [6.45, 7) is 1.27. The van der Waals surface area contributed by atoms with Crippen LogP contribution in [-0.2, 0) is 0 Å². The summed E-state index contributed by atoms with van der Waals surface area (Å²) in [5, 5.41) is 4.49. The fourth-order valence-electron chi connectivity index (χ4n) is 3.86. The predicted octanol–water partition coefficient (Wildman–Crippen LogP) is 1.52. The lowest BCUT2D eigenvalue weighted by Crippen LogP contribution is -2.60. The number of anilines is 1. The molecular weight excluding hydrogens is 309 g/mol. The number of hydrogen-bond acceptors (Lipinski definition) is 6. The van der Waals surface area contributed by atoms with Crippen molar-refractivity contribution < 1.29 is 9.13 Å². The number of pyridine rings is 1. The van der Waals surface area contributed by atoms with Crippen LogP contribution in [0.2, 0.25) is 5.15 Å². The quantitative estimate of drug-likeness (QED) is 0.586. The Hall–Kier alpha value is -1.73. The molecule has 0 spiro atoms. The van der Waals surface area contributed by atoms with Crippen LogP contribution in [0.5, 0.6) is 5.88 Å². The molecule has 8 heteroatoms. The van der Waals surface area contributed by atoms with E-state index in [9.17, 15) is 4.39 Å². The Morgan fingerprint density at radius 3 is 3.14 bits per heavy atom. The molecule has 5 heterocycles. The Morgan fingerprint density at radius 1 is 1.32 bits per heavy atom. The second-order valence-electron chi connectivity index (χ2n) is 6.04. The van der Waals surface area contributed by atoms with Crippen LogP contribution in [0, 0.1) is 6.08 Å². The molecule has 2 aromatic heterocycles. The number of piperazine rings is 1. The Labute approximate surface area is 130 Å². The third-order valence-corrected chi connectivity index (χ3v) is 4.98. The molecule has 0 aliphatic carbocycles. The van der Waals surface area contributed by atoms with Crippen LogP contribution in [0.25, 0.3) is 10.9 Å². The van der Waals surface area contributed by atoms with E-state index >= 15 is 0 Å². The lowest BCUT2D eigenvalue weighted by atomic mass is 10.1. The summed E-state index contributed by atoms with van der Waals surface area (Å²) in [5.74, 6) is 0.963. The van der Waals surface area contributed by atoms with Gasteiger partial charge in [-0.05, 0) is 12.8 Å². The van der Waals surface area contributed by atoms with Crippen molar-refractivity contribution in [2.45, 2.75) is 31.0 Å². The van der Waals surface area contributed by atoms with Crippen LogP contribution in [0.1, 0.15) is 12.8 Å². The molecule has 0 radical (unpaired) electrons. The smallest absolute Gasteiger partial charge is 0.311 e. The van der Waals surface area contributed by atoms with Crippen LogP contribution < -0.4 is 15.0 Å². The highest BCUT2D eigenvalue weighted by Crippen LogP contribution is 2.39. The van der Waals surface area contributed by atoms with Crippen LogP contribution in [-0.4, -0.2) is 46.2 Å². The van der Waals surface area contributed by atoms with Gasteiger partial charge in [0.1, 0.15) is 23.0 Å². The summed E-state index contributed by atoms with van der Waals surface area (Å²) in [6.07, 6.45) is 1.47. The second kappa shape index (κ2) is 4.39. The van der Waals surface area contributed by atoms with E-state index in [1.165, 1.54) is 0 Å². The van der Waals surface area contributed by atoms with Crippen molar-refractivity contribution in [1.82, 2.24) is 20.3 Å². The first-order valence-corrected chi connectivity index (χ1v) is 7.76. The highest BCUT2D eigenvalue weighted by atomic mass is 35.5. The molecule has 3 atom stereocenters. The number of fused-ring (bicyclic) bond motifs is 5. The van der Waals surface area contributed by atoms with Gasteiger partial charge in [-0.25, -0.2) is 9.97 Å².